The lowest BCUT2D eigenvalue weighted by Gasteiger charge is -2.16. The van der Waals surface area contributed by atoms with Gasteiger partial charge >= 0.3 is 11.9 Å². The highest BCUT2D eigenvalue weighted by molar-refractivity contribution is 6.35. The Bertz CT molecular complexity index is 920. The molecule has 1 fully saturated rings. The Labute approximate surface area is 161 Å². The molecule has 1 aliphatic carbocycles. The van der Waals surface area contributed by atoms with E-state index in [1.807, 2.05) is 0 Å². The number of hydrogen-bond donors (Lipinski definition) is 0. The standard InChI is InChI=1S/C20H21ClO6/c1-10-5-12-6-11(7-15(21)17(12)27-10)16(22)13-8-14(13)18(23)25-9-26-19(24)20(2,3)4/h5-7,13-14H,8-9H2,1-4H3/t13-,14-/m0/s1. The number of ketones is 1. The predicted molar refractivity (Wildman–Crippen MR) is 98.4 cm³/mol. The van der Waals surface area contributed by atoms with E-state index in [9.17, 15) is 14.4 Å². The third-order valence-electron chi connectivity index (χ3n) is 4.41. The highest BCUT2D eigenvalue weighted by Crippen LogP contribution is 2.43. The van der Waals surface area contributed by atoms with Crippen LogP contribution >= 0.6 is 11.6 Å². The quantitative estimate of drug-likeness (QED) is 0.428. The summed E-state index contributed by atoms with van der Waals surface area (Å²) >= 11 is 6.19. The second-order valence-corrected chi connectivity index (χ2v) is 8.22. The van der Waals surface area contributed by atoms with Crippen molar-refractivity contribution < 1.29 is 28.3 Å². The van der Waals surface area contributed by atoms with Crippen LogP contribution in [0, 0.1) is 24.2 Å². The van der Waals surface area contributed by atoms with Crippen molar-refractivity contribution in [1.29, 1.82) is 0 Å². The first kappa shape index (κ1) is 19.4. The molecule has 2 atom stereocenters. The van der Waals surface area contributed by atoms with Crippen LogP contribution in [0.25, 0.3) is 11.0 Å². The number of benzene rings is 1. The molecule has 0 bridgehead atoms. The molecule has 7 heteroatoms. The highest BCUT2D eigenvalue weighted by atomic mass is 35.5. The molecular weight excluding hydrogens is 372 g/mol. The van der Waals surface area contributed by atoms with E-state index in [0.29, 0.717) is 28.4 Å². The average Bonchev–Trinajstić information content (AvgIpc) is 3.28. The lowest BCUT2D eigenvalue weighted by atomic mass is 9.98. The van der Waals surface area contributed by atoms with Crippen LogP contribution in [0.4, 0.5) is 0 Å². The molecule has 1 aromatic heterocycles. The Balaban J connectivity index is 1.59. The number of ether oxygens (including phenoxy) is 2. The zero-order chi connectivity index (χ0) is 19.9. The molecule has 0 amide bonds. The first-order valence-electron chi connectivity index (χ1n) is 8.65. The fraction of sp³-hybridized carbons (Fsp3) is 0.450. The van der Waals surface area contributed by atoms with Crippen molar-refractivity contribution in [2.24, 2.45) is 17.3 Å². The number of halogens is 1. The van der Waals surface area contributed by atoms with E-state index in [2.05, 4.69) is 0 Å². The van der Waals surface area contributed by atoms with Crippen molar-refractivity contribution >= 4 is 40.3 Å². The number of aryl methyl sites for hydroxylation is 1. The SMILES string of the molecule is Cc1cc2cc(C(=O)[C@H]3C[C@@H]3C(=O)OCOC(=O)C(C)(C)C)cc(Cl)c2o1. The molecular formula is C20H21ClO6. The molecule has 1 aromatic carbocycles. The van der Waals surface area contributed by atoms with Crippen LogP contribution in [-0.4, -0.2) is 24.5 Å². The van der Waals surface area contributed by atoms with Crippen LogP contribution < -0.4 is 0 Å². The predicted octanol–water partition coefficient (Wildman–Crippen LogP) is 4.30. The first-order valence-corrected chi connectivity index (χ1v) is 9.03. The maximum atomic E-state index is 12.7. The van der Waals surface area contributed by atoms with Gasteiger partial charge in [0.05, 0.1) is 16.4 Å². The average molecular weight is 393 g/mol. The molecule has 0 saturated heterocycles. The van der Waals surface area contributed by atoms with Crippen LogP contribution in [0.5, 0.6) is 0 Å². The summed E-state index contributed by atoms with van der Waals surface area (Å²) in [6, 6.07) is 5.08. The van der Waals surface area contributed by atoms with Gasteiger partial charge in [0, 0.05) is 16.9 Å². The van der Waals surface area contributed by atoms with Crippen molar-refractivity contribution in [1.82, 2.24) is 0 Å². The van der Waals surface area contributed by atoms with Crippen LogP contribution in [0.15, 0.2) is 22.6 Å². The first-order chi connectivity index (χ1) is 12.6. The number of esters is 2. The summed E-state index contributed by atoms with van der Waals surface area (Å²) in [6.07, 6.45) is 0.408. The summed E-state index contributed by atoms with van der Waals surface area (Å²) in [4.78, 5) is 36.4. The second kappa shape index (κ2) is 7.00. The van der Waals surface area contributed by atoms with Crippen LogP contribution in [-0.2, 0) is 19.1 Å². The van der Waals surface area contributed by atoms with Gasteiger partial charge < -0.3 is 13.9 Å². The summed E-state index contributed by atoms with van der Waals surface area (Å²) in [7, 11) is 0. The summed E-state index contributed by atoms with van der Waals surface area (Å²) in [5, 5.41) is 1.11. The Morgan fingerprint density at radius 2 is 1.85 bits per heavy atom. The molecule has 2 aromatic rings. The molecule has 0 radical (unpaired) electrons. The Morgan fingerprint density at radius 3 is 2.52 bits per heavy atom. The zero-order valence-electron chi connectivity index (χ0n) is 15.6. The van der Waals surface area contributed by atoms with Gasteiger partial charge in [0.2, 0.25) is 6.79 Å². The van der Waals surface area contributed by atoms with E-state index in [1.54, 1.807) is 45.9 Å². The maximum Gasteiger partial charge on any atom is 0.314 e. The minimum atomic E-state index is -0.673. The molecule has 3 rings (SSSR count). The smallest absolute Gasteiger partial charge is 0.314 e. The fourth-order valence-electron chi connectivity index (χ4n) is 2.81. The number of furan rings is 1. The molecule has 1 saturated carbocycles. The van der Waals surface area contributed by atoms with Gasteiger partial charge in [-0.05, 0) is 52.3 Å². The summed E-state index contributed by atoms with van der Waals surface area (Å²) in [6.45, 7) is 6.47. The number of rotatable bonds is 5. The Morgan fingerprint density at radius 1 is 1.15 bits per heavy atom. The van der Waals surface area contributed by atoms with Gasteiger partial charge in [-0.1, -0.05) is 11.6 Å². The molecule has 0 spiro atoms. The third kappa shape index (κ3) is 4.16. The van der Waals surface area contributed by atoms with E-state index < -0.39 is 36.0 Å². The van der Waals surface area contributed by atoms with Crippen LogP contribution in [0.1, 0.15) is 43.3 Å². The molecule has 0 N–H and O–H groups in total. The zero-order valence-corrected chi connectivity index (χ0v) is 16.4. The third-order valence-corrected chi connectivity index (χ3v) is 4.69. The van der Waals surface area contributed by atoms with Gasteiger partial charge in [0.1, 0.15) is 5.76 Å². The molecule has 144 valence electrons. The lowest BCUT2D eigenvalue weighted by molar-refractivity contribution is -0.174. The van der Waals surface area contributed by atoms with E-state index >= 15 is 0 Å². The van der Waals surface area contributed by atoms with Crippen molar-refractivity contribution in [2.45, 2.75) is 34.1 Å². The van der Waals surface area contributed by atoms with Crippen molar-refractivity contribution in [3.8, 4) is 0 Å². The summed E-state index contributed by atoms with van der Waals surface area (Å²) in [5.74, 6) is -1.43. The molecule has 1 aliphatic rings. The van der Waals surface area contributed by atoms with Gasteiger partial charge in [-0.15, -0.1) is 0 Å². The molecule has 1 heterocycles. The van der Waals surface area contributed by atoms with Gasteiger partial charge in [-0.3, -0.25) is 14.4 Å². The van der Waals surface area contributed by atoms with E-state index in [-0.39, 0.29) is 5.78 Å². The largest absolute Gasteiger partial charge is 0.460 e. The van der Waals surface area contributed by atoms with Crippen LogP contribution in [0.2, 0.25) is 5.02 Å². The summed E-state index contributed by atoms with van der Waals surface area (Å²) in [5.41, 5.74) is 0.305. The minimum Gasteiger partial charge on any atom is -0.460 e. The van der Waals surface area contributed by atoms with Gasteiger partial charge in [0.25, 0.3) is 0 Å². The second-order valence-electron chi connectivity index (χ2n) is 7.81. The monoisotopic (exact) mass is 392 g/mol. The minimum absolute atomic E-state index is 0.161. The topological polar surface area (TPSA) is 82.8 Å². The Kier molecular flexibility index (Phi) is 5.04. The molecule has 27 heavy (non-hydrogen) atoms. The van der Waals surface area contributed by atoms with E-state index in [1.165, 1.54) is 0 Å². The number of carbonyl (C=O) groups excluding carboxylic acids is 3. The number of carbonyl (C=O) groups is 3. The van der Waals surface area contributed by atoms with Crippen molar-refractivity contribution in [3.05, 3.63) is 34.5 Å². The molecule has 6 nitrogen and oxygen atoms in total. The molecule has 0 aliphatic heterocycles. The van der Waals surface area contributed by atoms with Crippen LogP contribution in [0.3, 0.4) is 0 Å². The number of fused-ring (bicyclic) bond motifs is 1. The number of Topliss-reactive ketones (excluding diaryl/α,β-unsaturated/α-hetero) is 1. The van der Waals surface area contributed by atoms with Gasteiger partial charge in [0.15, 0.2) is 11.4 Å². The highest BCUT2D eigenvalue weighted by Gasteiger charge is 2.49. The number of hydrogen-bond acceptors (Lipinski definition) is 6. The summed E-state index contributed by atoms with van der Waals surface area (Å²) < 4.78 is 15.4. The van der Waals surface area contributed by atoms with Crippen molar-refractivity contribution in [2.75, 3.05) is 6.79 Å². The lowest BCUT2D eigenvalue weighted by Crippen LogP contribution is -2.25. The normalized spacial score (nSPS) is 19.0. The maximum absolute atomic E-state index is 12.7. The van der Waals surface area contributed by atoms with E-state index in [4.69, 9.17) is 25.5 Å². The van der Waals surface area contributed by atoms with E-state index in [0.717, 1.165) is 5.39 Å². The Hall–Kier alpha value is -2.34. The van der Waals surface area contributed by atoms with Gasteiger partial charge in [-0.2, -0.15) is 0 Å². The molecule has 0 unspecified atom stereocenters. The van der Waals surface area contributed by atoms with Crippen molar-refractivity contribution in [3.63, 3.8) is 0 Å². The van der Waals surface area contributed by atoms with Gasteiger partial charge in [-0.25, -0.2) is 0 Å². The fourth-order valence-corrected chi connectivity index (χ4v) is 3.07.